The highest BCUT2D eigenvalue weighted by Gasteiger charge is 1.97. The minimum absolute atomic E-state index is 0.0833. The van der Waals surface area contributed by atoms with Crippen LogP contribution in [-0.2, 0) is 4.79 Å². The molecule has 0 rings (SSSR count). The van der Waals surface area contributed by atoms with Gasteiger partial charge in [0.15, 0.2) is 0 Å². The Morgan fingerprint density at radius 2 is 1.04 bits per heavy atom. The molecule has 0 amide bonds. The first-order valence-corrected chi connectivity index (χ1v) is 10.1. The van der Waals surface area contributed by atoms with Crippen molar-refractivity contribution in [2.75, 3.05) is 6.61 Å². The van der Waals surface area contributed by atoms with Crippen molar-refractivity contribution in [1.82, 2.24) is 0 Å². The summed E-state index contributed by atoms with van der Waals surface area (Å²) in [5.74, 6) is -0.653. The van der Waals surface area contributed by atoms with E-state index in [-0.39, 0.29) is 6.61 Å². The van der Waals surface area contributed by atoms with Crippen molar-refractivity contribution in [2.45, 2.75) is 110 Å². The number of aliphatic hydroxyl groups is 1. The van der Waals surface area contributed by atoms with Gasteiger partial charge in [0.25, 0.3) is 0 Å². The topological polar surface area (TPSA) is 57.5 Å². The summed E-state index contributed by atoms with van der Waals surface area (Å²) in [7, 11) is 0. The zero-order chi connectivity index (χ0) is 18.3. The maximum Gasteiger partial charge on any atom is 0.303 e. The summed E-state index contributed by atoms with van der Waals surface area (Å²) in [6, 6.07) is 0. The molecule has 0 radical (unpaired) electrons. The van der Waals surface area contributed by atoms with Crippen LogP contribution < -0.4 is 0 Å². The van der Waals surface area contributed by atoms with E-state index < -0.39 is 5.97 Å². The second-order valence-electron chi connectivity index (χ2n) is 6.56. The molecular weight excluding hydrogens is 300 g/mol. The van der Waals surface area contributed by atoms with Crippen LogP contribution in [0.25, 0.3) is 0 Å². The number of hydrogen-bond acceptors (Lipinski definition) is 2. The summed E-state index contributed by atoms with van der Waals surface area (Å²) >= 11 is 0. The molecule has 0 atom stereocenters. The van der Waals surface area contributed by atoms with Crippen LogP contribution in [0.3, 0.4) is 0 Å². The first-order valence-electron chi connectivity index (χ1n) is 10.1. The van der Waals surface area contributed by atoms with Crippen molar-refractivity contribution < 1.29 is 15.0 Å². The van der Waals surface area contributed by atoms with Crippen LogP contribution in [0.1, 0.15) is 110 Å². The van der Waals surface area contributed by atoms with Crippen LogP contribution in [0, 0.1) is 0 Å². The molecule has 0 fully saturated rings. The lowest BCUT2D eigenvalue weighted by molar-refractivity contribution is -0.137. The number of carboxylic acids is 1. The number of carbonyl (C=O) groups is 1. The molecule has 0 unspecified atom stereocenters. The highest BCUT2D eigenvalue weighted by molar-refractivity contribution is 5.66. The van der Waals surface area contributed by atoms with Gasteiger partial charge >= 0.3 is 5.97 Å². The van der Waals surface area contributed by atoms with Crippen LogP contribution in [0.2, 0.25) is 0 Å². The van der Waals surface area contributed by atoms with E-state index in [1.807, 2.05) is 0 Å². The highest BCUT2D eigenvalue weighted by Crippen LogP contribution is 2.13. The van der Waals surface area contributed by atoms with Gasteiger partial charge in [0.2, 0.25) is 0 Å². The monoisotopic (exact) mass is 342 g/mol. The van der Waals surface area contributed by atoms with Crippen molar-refractivity contribution in [3.8, 4) is 0 Å². The van der Waals surface area contributed by atoms with E-state index in [1.165, 1.54) is 89.5 Å². The smallest absolute Gasteiger partial charge is 0.303 e. The van der Waals surface area contributed by atoms with E-state index in [2.05, 4.69) is 13.5 Å². The average molecular weight is 343 g/mol. The van der Waals surface area contributed by atoms with E-state index in [0.717, 1.165) is 12.8 Å². The number of unbranched alkanes of at least 4 members (excludes halogenated alkanes) is 14. The number of aliphatic hydroxyl groups excluding tert-OH is 1. The Morgan fingerprint density at radius 1 is 0.750 bits per heavy atom. The van der Waals surface area contributed by atoms with Crippen molar-refractivity contribution in [3.05, 3.63) is 12.7 Å². The molecule has 3 heteroatoms. The fraction of sp³-hybridized carbons (Fsp3) is 0.857. The quantitative estimate of drug-likeness (QED) is 0.234. The zero-order valence-corrected chi connectivity index (χ0v) is 16.1. The van der Waals surface area contributed by atoms with Gasteiger partial charge < -0.3 is 10.2 Å². The molecule has 0 saturated heterocycles. The molecule has 24 heavy (non-hydrogen) atoms. The molecule has 0 heterocycles. The Balaban J connectivity index is 0. The number of hydrogen-bond donors (Lipinski definition) is 2. The van der Waals surface area contributed by atoms with Gasteiger partial charge in [-0.25, -0.2) is 0 Å². The molecule has 3 nitrogen and oxygen atoms in total. The minimum Gasteiger partial charge on any atom is -0.481 e. The molecule has 0 aromatic heterocycles. The molecule has 0 spiro atoms. The molecular formula is C21H42O3. The number of rotatable bonds is 17. The first kappa shape index (κ1) is 25.4. The normalized spacial score (nSPS) is 10.1. The maximum atomic E-state index is 10.3. The highest BCUT2D eigenvalue weighted by atomic mass is 16.4. The summed E-state index contributed by atoms with van der Waals surface area (Å²) in [5, 5.41) is 16.3. The molecule has 0 aromatic carbocycles. The van der Waals surface area contributed by atoms with Crippen LogP contribution in [-0.4, -0.2) is 22.8 Å². The second-order valence-corrected chi connectivity index (χ2v) is 6.56. The molecule has 2 N–H and O–H groups in total. The third-order valence-electron chi connectivity index (χ3n) is 4.12. The van der Waals surface area contributed by atoms with Gasteiger partial charge in [-0.1, -0.05) is 103 Å². The van der Waals surface area contributed by atoms with Gasteiger partial charge in [-0.05, 0) is 6.42 Å². The molecule has 0 aromatic rings. The maximum absolute atomic E-state index is 10.3. The summed E-state index contributed by atoms with van der Waals surface area (Å²) in [5.41, 5.74) is 0. The lowest BCUT2D eigenvalue weighted by atomic mass is 10.0. The Kier molecular flexibility index (Phi) is 25.9. The van der Waals surface area contributed by atoms with Crippen molar-refractivity contribution in [2.24, 2.45) is 0 Å². The number of aliphatic carboxylic acids is 1. The molecule has 144 valence electrons. The molecule has 0 saturated carbocycles. The molecule has 0 aliphatic carbocycles. The second kappa shape index (κ2) is 24.4. The lowest BCUT2D eigenvalue weighted by Gasteiger charge is -2.03. The SMILES string of the molecule is C=CCO.CCCCCCCCCCCCCCCCCC(=O)O. The van der Waals surface area contributed by atoms with Gasteiger partial charge in [-0.3, -0.25) is 4.79 Å². The summed E-state index contributed by atoms with van der Waals surface area (Å²) in [4.78, 5) is 10.3. The van der Waals surface area contributed by atoms with Crippen molar-refractivity contribution >= 4 is 5.97 Å². The average Bonchev–Trinajstić information content (AvgIpc) is 2.58. The fourth-order valence-electron chi connectivity index (χ4n) is 2.65. The zero-order valence-electron chi connectivity index (χ0n) is 16.1. The molecule has 0 aliphatic heterocycles. The van der Waals surface area contributed by atoms with Crippen LogP contribution in [0.15, 0.2) is 12.7 Å². The van der Waals surface area contributed by atoms with Crippen molar-refractivity contribution in [1.29, 1.82) is 0 Å². The van der Waals surface area contributed by atoms with E-state index >= 15 is 0 Å². The Bertz CT molecular complexity index is 251. The largest absolute Gasteiger partial charge is 0.481 e. The fourth-order valence-corrected chi connectivity index (χ4v) is 2.65. The Hall–Kier alpha value is -0.830. The van der Waals surface area contributed by atoms with Gasteiger partial charge in [0.1, 0.15) is 0 Å². The van der Waals surface area contributed by atoms with E-state index in [1.54, 1.807) is 0 Å². The van der Waals surface area contributed by atoms with Gasteiger partial charge in [0, 0.05) is 6.42 Å². The van der Waals surface area contributed by atoms with E-state index in [9.17, 15) is 4.79 Å². The predicted molar refractivity (Wildman–Crippen MR) is 104 cm³/mol. The van der Waals surface area contributed by atoms with Gasteiger partial charge in [-0.15, -0.1) is 6.58 Å². The van der Waals surface area contributed by atoms with Crippen LogP contribution >= 0.6 is 0 Å². The Morgan fingerprint density at radius 3 is 1.29 bits per heavy atom. The minimum atomic E-state index is -0.653. The molecule has 0 aliphatic rings. The standard InChI is InChI=1S/C18H36O2.C3H6O/c1-2-3-4-5-6-7-8-9-10-11-12-13-14-15-16-17-18(19)20;1-2-3-4/h2-17H2,1H3,(H,19,20);2,4H,1,3H2. The van der Waals surface area contributed by atoms with Crippen molar-refractivity contribution in [3.63, 3.8) is 0 Å². The third-order valence-corrected chi connectivity index (χ3v) is 4.12. The predicted octanol–water partition coefficient (Wildman–Crippen LogP) is 6.50. The first-order chi connectivity index (χ1) is 11.7. The lowest BCUT2D eigenvalue weighted by Crippen LogP contribution is -1.93. The third kappa shape index (κ3) is 29.2. The van der Waals surface area contributed by atoms with Crippen LogP contribution in [0.4, 0.5) is 0 Å². The van der Waals surface area contributed by atoms with Gasteiger partial charge in [-0.2, -0.15) is 0 Å². The Labute approximate surface area is 150 Å². The summed E-state index contributed by atoms with van der Waals surface area (Å²) in [6.07, 6.45) is 21.6. The van der Waals surface area contributed by atoms with Crippen LogP contribution in [0.5, 0.6) is 0 Å². The number of carboxylic acid groups (broad SMARTS) is 1. The van der Waals surface area contributed by atoms with Gasteiger partial charge in [0.05, 0.1) is 6.61 Å². The van der Waals surface area contributed by atoms with E-state index in [4.69, 9.17) is 10.2 Å². The molecule has 0 bridgehead atoms. The summed E-state index contributed by atoms with van der Waals surface area (Å²) in [6.45, 7) is 5.58. The van der Waals surface area contributed by atoms with E-state index in [0.29, 0.717) is 6.42 Å². The summed E-state index contributed by atoms with van der Waals surface area (Å²) < 4.78 is 0.